The van der Waals surface area contributed by atoms with Crippen molar-refractivity contribution in [1.29, 1.82) is 0 Å². The summed E-state index contributed by atoms with van der Waals surface area (Å²) in [5.74, 6) is 0.330. The molecule has 2 saturated heterocycles. The second kappa shape index (κ2) is 4.34. The van der Waals surface area contributed by atoms with Gasteiger partial charge in [0.25, 0.3) is 0 Å². The van der Waals surface area contributed by atoms with Crippen LogP contribution in [0.2, 0.25) is 0 Å². The summed E-state index contributed by atoms with van der Waals surface area (Å²) < 4.78 is 5.43. The highest BCUT2D eigenvalue weighted by Crippen LogP contribution is 2.29. The largest absolute Gasteiger partial charge is 0.386 e. The average Bonchev–Trinajstić information content (AvgIpc) is 2.64. The number of nitrogens with zero attached hydrogens (tertiary/aromatic N) is 1. The molecular weight excluding hydrogens is 206 g/mol. The maximum atomic E-state index is 11.8. The number of ether oxygens (including phenoxy) is 1. The summed E-state index contributed by atoms with van der Waals surface area (Å²) in [6.45, 7) is 5.73. The van der Waals surface area contributed by atoms with Gasteiger partial charge in [-0.25, -0.2) is 0 Å². The lowest BCUT2D eigenvalue weighted by Gasteiger charge is -2.49. The summed E-state index contributed by atoms with van der Waals surface area (Å²) in [7, 11) is 0. The van der Waals surface area contributed by atoms with E-state index in [0.29, 0.717) is 19.5 Å². The number of likely N-dealkylation sites (tertiary alicyclic amines) is 1. The van der Waals surface area contributed by atoms with Gasteiger partial charge in [-0.15, -0.1) is 0 Å². The van der Waals surface area contributed by atoms with Gasteiger partial charge in [0.2, 0.25) is 5.91 Å². The Balaban J connectivity index is 1.76. The minimum Gasteiger partial charge on any atom is -0.386 e. The first kappa shape index (κ1) is 11.9. The summed E-state index contributed by atoms with van der Waals surface area (Å²) in [4.78, 5) is 13.6. The third-order valence-electron chi connectivity index (χ3n) is 3.78. The third-order valence-corrected chi connectivity index (χ3v) is 3.78. The van der Waals surface area contributed by atoms with Gasteiger partial charge in [-0.2, -0.15) is 0 Å². The first-order chi connectivity index (χ1) is 7.51. The highest BCUT2D eigenvalue weighted by atomic mass is 16.5. The molecule has 2 heterocycles. The maximum absolute atomic E-state index is 11.8. The summed E-state index contributed by atoms with van der Waals surface area (Å²) in [6.07, 6.45) is 2.65. The average molecular weight is 227 g/mol. The van der Waals surface area contributed by atoms with E-state index in [0.717, 1.165) is 19.4 Å². The molecule has 4 nitrogen and oxygen atoms in total. The zero-order valence-electron chi connectivity index (χ0n) is 10.1. The van der Waals surface area contributed by atoms with Crippen LogP contribution in [0.3, 0.4) is 0 Å². The van der Waals surface area contributed by atoms with Crippen LogP contribution in [0.5, 0.6) is 0 Å². The van der Waals surface area contributed by atoms with Gasteiger partial charge >= 0.3 is 0 Å². The topological polar surface area (TPSA) is 49.8 Å². The third kappa shape index (κ3) is 2.23. The molecule has 0 aromatic heterocycles. The molecule has 16 heavy (non-hydrogen) atoms. The quantitative estimate of drug-likeness (QED) is 0.775. The van der Waals surface area contributed by atoms with Crippen LogP contribution in [-0.2, 0) is 9.53 Å². The highest BCUT2D eigenvalue weighted by Gasteiger charge is 2.45. The number of aliphatic hydroxyl groups is 1. The van der Waals surface area contributed by atoms with E-state index in [2.05, 4.69) is 0 Å². The number of carbonyl (C=O) groups excluding carboxylic acids is 1. The Kier molecular flexibility index (Phi) is 3.22. The van der Waals surface area contributed by atoms with Gasteiger partial charge in [-0.05, 0) is 18.8 Å². The lowest BCUT2D eigenvalue weighted by atomic mass is 9.83. The zero-order valence-corrected chi connectivity index (χ0v) is 10.1. The van der Waals surface area contributed by atoms with Gasteiger partial charge in [-0.3, -0.25) is 4.79 Å². The standard InChI is InChI=1S/C12H21NO3/c1-9(2)12(15)7-13(8-12)11(14)6-10-4-3-5-16-10/h9-10,15H,3-8H2,1-2H3. The molecule has 0 spiro atoms. The first-order valence-corrected chi connectivity index (χ1v) is 6.13. The molecule has 1 N–H and O–H groups in total. The minimum absolute atomic E-state index is 0.111. The van der Waals surface area contributed by atoms with E-state index in [1.54, 1.807) is 4.90 Å². The van der Waals surface area contributed by atoms with E-state index >= 15 is 0 Å². The van der Waals surface area contributed by atoms with Crippen LogP contribution >= 0.6 is 0 Å². The normalized spacial score (nSPS) is 28.2. The van der Waals surface area contributed by atoms with Crippen molar-refractivity contribution < 1.29 is 14.6 Å². The molecule has 0 aromatic rings. The molecule has 0 saturated carbocycles. The number of hydrogen-bond donors (Lipinski definition) is 1. The van der Waals surface area contributed by atoms with Gasteiger partial charge in [0.1, 0.15) is 5.60 Å². The molecule has 4 heteroatoms. The summed E-state index contributed by atoms with van der Waals surface area (Å²) >= 11 is 0. The molecule has 0 aliphatic carbocycles. The SMILES string of the molecule is CC(C)C1(O)CN(C(=O)CC2CCCO2)C1. The Morgan fingerprint density at radius 3 is 2.75 bits per heavy atom. The number of β-amino-alcohol motifs (C(OH)–C–C–N with tert-alkyl or cyclic N) is 1. The Morgan fingerprint density at radius 1 is 1.56 bits per heavy atom. The van der Waals surface area contributed by atoms with Crippen molar-refractivity contribution in [2.75, 3.05) is 19.7 Å². The summed E-state index contributed by atoms with van der Waals surface area (Å²) in [5.41, 5.74) is -0.661. The number of amides is 1. The zero-order chi connectivity index (χ0) is 11.8. The molecular formula is C12H21NO3. The van der Waals surface area contributed by atoms with E-state index in [1.807, 2.05) is 13.8 Å². The lowest BCUT2D eigenvalue weighted by Crippen LogP contribution is -2.66. The molecule has 1 unspecified atom stereocenters. The molecule has 1 amide bonds. The molecule has 1 atom stereocenters. The van der Waals surface area contributed by atoms with Crippen molar-refractivity contribution in [2.45, 2.75) is 44.8 Å². The fourth-order valence-electron chi connectivity index (χ4n) is 2.29. The minimum atomic E-state index is -0.661. The lowest BCUT2D eigenvalue weighted by molar-refractivity contribution is -0.165. The van der Waals surface area contributed by atoms with E-state index in [-0.39, 0.29) is 17.9 Å². The van der Waals surface area contributed by atoms with E-state index in [9.17, 15) is 9.90 Å². The molecule has 92 valence electrons. The summed E-state index contributed by atoms with van der Waals surface area (Å²) in [5, 5.41) is 10.0. The van der Waals surface area contributed by atoms with Crippen molar-refractivity contribution in [2.24, 2.45) is 5.92 Å². The molecule has 2 aliphatic heterocycles. The Bertz CT molecular complexity index is 265. The van der Waals surface area contributed by atoms with Crippen molar-refractivity contribution in [3.8, 4) is 0 Å². The van der Waals surface area contributed by atoms with Gasteiger partial charge in [0, 0.05) is 6.61 Å². The van der Waals surface area contributed by atoms with Crippen molar-refractivity contribution >= 4 is 5.91 Å². The smallest absolute Gasteiger partial charge is 0.225 e. The fourth-order valence-corrected chi connectivity index (χ4v) is 2.29. The molecule has 0 bridgehead atoms. The van der Waals surface area contributed by atoms with Crippen LogP contribution in [0.15, 0.2) is 0 Å². The van der Waals surface area contributed by atoms with Crippen LogP contribution in [0.4, 0.5) is 0 Å². The van der Waals surface area contributed by atoms with E-state index in [4.69, 9.17) is 4.74 Å². The van der Waals surface area contributed by atoms with Gasteiger partial charge < -0.3 is 14.7 Å². The first-order valence-electron chi connectivity index (χ1n) is 6.13. The fraction of sp³-hybridized carbons (Fsp3) is 0.917. The highest BCUT2D eigenvalue weighted by molar-refractivity contribution is 5.78. The van der Waals surface area contributed by atoms with Gasteiger partial charge in [-0.1, -0.05) is 13.8 Å². The van der Waals surface area contributed by atoms with Crippen molar-refractivity contribution in [3.05, 3.63) is 0 Å². The van der Waals surface area contributed by atoms with E-state index in [1.165, 1.54) is 0 Å². The predicted octanol–water partition coefficient (Wildman–Crippen LogP) is 0.785. The molecule has 2 aliphatic rings. The number of hydrogen-bond acceptors (Lipinski definition) is 3. The molecule has 2 fully saturated rings. The van der Waals surface area contributed by atoms with Crippen LogP contribution in [0, 0.1) is 5.92 Å². The molecule has 0 radical (unpaired) electrons. The second-order valence-electron chi connectivity index (χ2n) is 5.35. The van der Waals surface area contributed by atoms with Crippen molar-refractivity contribution in [3.63, 3.8) is 0 Å². The van der Waals surface area contributed by atoms with Crippen LogP contribution in [0.25, 0.3) is 0 Å². The Labute approximate surface area is 96.6 Å². The monoisotopic (exact) mass is 227 g/mol. The predicted molar refractivity (Wildman–Crippen MR) is 60.0 cm³/mol. The van der Waals surface area contributed by atoms with Crippen LogP contribution in [-0.4, -0.2) is 47.3 Å². The number of rotatable bonds is 3. The second-order valence-corrected chi connectivity index (χ2v) is 5.35. The Hall–Kier alpha value is -0.610. The van der Waals surface area contributed by atoms with E-state index < -0.39 is 5.60 Å². The van der Waals surface area contributed by atoms with Crippen LogP contribution in [0.1, 0.15) is 33.1 Å². The maximum Gasteiger partial charge on any atom is 0.225 e. The summed E-state index contributed by atoms with van der Waals surface area (Å²) in [6, 6.07) is 0. The van der Waals surface area contributed by atoms with Gasteiger partial charge in [0.15, 0.2) is 0 Å². The Morgan fingerprint density at radius 2 is 2.25 bits per heavy atom. The van der Waals surface area contributed by atoms with Crippen LogP contribution < -0.4 is 0 Å². The number of carbonyl (C=O) groups is 1. The molecule has 0 aromatic carbocycles. The molecule has 2 rings (SSSR count). The van der Waals surface area contributed by atoms with Gasteiger partial charge in [0.05, 0.1) is 25.6 Å². The van der Waals surface area contributed by atoms with Crippen molar-refractivity contribution in [1.82, 2.24) is 4.90 Å².